The molecule has 4 rings (SSSR count). The van der Waals surface area contributed by atoms with Gasteiger partial charge in [-0.15, -0.1) is 0 Å². The number of nitrogens with one attached hydrogen (secondary N) is 1. The van der Waals surface area contributed by atoms with E-state index >= 15 is 0 Å². The topological polar surface area (TPSA) is 52.5 Å². The molecule has 1 heterocycles. The predicted molar refractivity (Wildman–Crippen MR) is 110 cm³/mol. The van der Waals surface area contributed by atoms with Gasteiger partial charge in [-0.25, -0.2) is 0 Å². The van der Waals surface area contributed by atoms with Crippen LogP contribution in [0.3, 0.4) is 0 Å². The zero-order valence-electron chi connectivity index (χ0n) is 16.6. The van der Waals surface area contributed by atoms with Crippen molar-refractivity contribution in [1.82, 2.24) is 9.88 Å². The van der Waals surface area contributed by atoms with Gasteiger partial charge in [0.15, 0.2) is 11.5 Å². The molecule has 1 unspecified atom stereocenters. The third-order valence-corrected chi connectivity index (χ3v) is 5.70. The third-order valence-electron chi connectivity index (χ3n) is 5.70. The number of carbonyl (C=O) groups excluding carboxylic acids is 1. The van der Waals surface area contributed by atoms with E-state index in [-0.39, 0.29) is 11.9 Å². The van der Waals surface area contributed by atoms with Gasteiger partial charge in [0.25, 0.3) is 0 Å². The van der Waals surface area contributed by atoms with Crippen LogP contribution in [-0.4, -0.2) is 30.7 Å². The van der Waals surface area contributed by atoms with Crippen LogP contribution in [0.4, 0.5) is 0 Å². The Morgan fingerprint density at radius 2 is 1.93 bits per heavy atom. The maximum atomic E-state index is 12.6. The molecule has 146 valence electrons. The molecule has 0 saturated heterocycles. The molecule has 0 saturated carbocycles. The van der Waals surface area contributed by atoms with Crippen molar-refractivity contribution in [3.05, 3.63) is 59.3 Å². The molecule has 5 nitrogen and oxygen atoms in total. The van der Waals surface area contributed by atoms with Crippen LogP contribution < -0.4 is 14.8 Å². The van der Waals surface area contributed by atoms with Crippen LogP contribution in [0.1, 0.15) is 23.2 Å². The summed E-state index contributed by atoms with van der Waals surface area (Å²) < 4.78 is 12.9. The molecule has 1 aliphatic rings. The highest BCUT2D eigenvalue weighted by Gasteiger charge is 2.25. The van der Waals surface area contributed by atoms with Crippen molar-refractivity contribution >= 4 is 16.8 Å². The second kappa shape index (κ2) is 7.58. The minimum absolute atomic E-state index is 0.0425. The molecule has 0 spiro atoms. The highest BCUT2D eigenvalue weighted by Crippen LogP contribution is 2.31. The lowest BCUT2D eigenvalue weighted by Gasteiger charge is -2.24. The first kappa shape index (κ1) is 18.4. The summed E-state index contributed by atoms with van der Waals surface area (Å²) in [5, 5.41) is 4.53. The number of benzene rings is 2. The number of fused-ring (bicyclic) bond motifs is 3. The number of nitrogens with zero attached hydrogens (tertiary/aromatic N) is 1. The molecule has 28 heavy (non-hydrogen) atoms. The number of hydrogen-bond donors (Lipinski definition) is 1. The number of carbonyl (C=O) groups is 1. The minimum atomic E-state index is 0.0425. The Bertz CT molecular complexity index is 1020. The maximum Gasteiger partial charge on any atom is 0.224 e. The quantitative estimate of drug-likeness (QED) is 0.740. The molecule has 3 aromatic rings. The Morgan fingerprint density at radius 1 is 1.14 bits per heavy atom. The van der Waals surface area contributed by atoms with Gasteiger partial charge in [-0.2, -0.15) is 0 Å². The second-order valence-electron chi connectivity index (χ2n) is 7.37. The average molecular weight is 378 g/mol. The van der Waals surface area contributed by atoms with Crippen LogP contribution in [0.15, 0.2) is 42.5 Å². The molecule has 5 heteroatoms. The van der Waals surface area contributed by atoms with Crippen molar-refractivity contribution < 1.29 is 14.3 Å². The van der Waals surface area contributed by atoms with Gasteiger partial charge in [0.1, 0.15) is 0 Å². The SMILES string of the molecule is COc1ccc(CC(=O)NC2CCc3c(c4ccccc4n3C)C2)cc1OC. The lowest BCUT2D eigenvalue weighted by molar-refractivity contribution is -0.121. The fourth-order valence-electron chi connectivity index (χ4n) is 4.31. The molecule has 0 aliphatic heterocycles. The van der Waals surface area contributed by atoms with Crippen LogP contribution in [-0.2, 0) is 31.1 Å². The van der Waals surface area contributed by atoms with Gasteiger partial charge in [-0.1, -0.05) is 24.3 Å². The van der Waals surface area contributed by atoms with E-state index in [4.69, 9.17) is 9.47 Å². The van der Waals surface area contributed by atoms with E-state index in [1.807, 2.05) is 18.2 Å². The number of aromatic nitrogens is 1. The normalized spacial score (nSPS) is 15.9. The van der Waals surface area contributed by atoms with Crippen molar-refractivity contribution in [3.63, 3.8) is 0 Å². The fourth-order valence-corrected chi connectivity index (χ4v) is 4.31. The molecule has 0 radical (unpaired) electrons. The van der Waals surface area contributed by atoms with E-state index in [9.17, 15) is 4.79 Å². The van der Waals surface area contributed by atoms with Gasteiger partial charge in [-0.05, 0) is 48.6 Å². The number of hydrogen-bond acceptors (Lipinski definition) is 3. The molecular formula is C23H26N2O3. The van der Waals surface area contributed by atoms with Gasteiger partial charge in [0, 0.05) is 29.7 Å². The first-order valence-corrected chi connectivity index (χ1v) is 9.66. The first-order valence-electron chi connectivity index (χ1n) is 9.66. The summed E-state index contributed by atoms with van der Waals surface area (Å²) in [7, 11) is 5.34. The number of rotatable bonds is 5. The van der Waals surface area contributed by atoms with E-state index in [0.29, 0.717) is 17.9 Å². The van der Waals surface area contributed by atoms with E-state index in [0.717, 1.165) is 24.8 Å². The van der Waals surface area contributed by atoms with Gasteiger partial charge in [0.2, 0.25) is 5.91 Å². The van der Waals surface area contributed by atoms with E-state index < -0.39 is 0 Å². The summed E-state index contributed by atoms with van der Waals surface area (Å²) in [4.78, 5) is 12.6. The monoisotopic (exact) mass is 378 g/mol. The van der Waals surface area contributed by atoms with Crippen molar-refractivity contribution in [1.29, 1.82) is 0 Å². The van der Waals surface area contributed by atoms with Crippen LogP contribution in [0, 0.1) is 0 Å². The fraction of sp³-hybridized carbons (Fsp3) is 0.348. The Labute approximate surface area is 165 Å². The van der Waals surface area contributed by atoms with E-state index in [1.165, 1.54) is 22.2 Å². The van der Waals surface area contributed by atoms with Gasteiger partial charge < -0.3 is 19.4 Å². The number of methoxy groups -OCH3 is 2. The van der Waals surface area contributed by atoms with Crippen LogP contribution in [0.5, 0.6) is 11.5 Å². The number of ether oxygens (including phenoxy) is 2. The minimum Gasteiger partial charge on any atom is -0.493 e. The predicted octanol–water partition coefficient (Wildman–Crippen LogP) is 3.41. The lowest BCUT2D eigenvalue weighted by atomic mass is 9.91. The Morgan fingerprint density at radius 3 is 2.71 bits per heavy atom. The molecule has 1 N–H and O–H groups in total. The largest absolute Gasteiger partial charge is 0.493 e. The highest BCUT2D eigenvalue weighted by atomic mass is 16.5. The Kier molecular flexibility index (Phi) is 4.99. The number of amides is 1. The van der Waals surface area contributed by atoms with Crippen LogP contribution >= 0.6 is 0 Å². The molecule has 1 amide bonds. The van der Waals surface area contributed by atoms with E-state index in [1.54, 1.807) is 14.2 Å². The van der Waals surface area contributed by atoms with Crippen molar-refractivity contribution in [3.8, 4) is 11.5 Å². The van der Waals surface area contributed by atoms with Gasteiger partial charge >= 0.3 is 0 Å². The number of para-hydroxylation sites is 1. The molecule has 2 aromatic carbocycles. The van der Waals surface area contributed by atoms with Crippen molar-refractivity contribution in [2.45, 2.75) is 31.7 Å². The van der Waals surface area contributed by atoms with Crippen molar-refractivity contribution in [2.24, 2.45) is 7.05 Å². The molecular weight excluding hydrogens is 352 g/mol. The maximum absolute atomic E-state index is 12.6. The van der Waals surface area contributed by atoms with Gasteiger partial charge in [0.05, 0.1) is 20.6 Å². The summed E-state index contributed by atoms with van der Waals surface area (Å²) in [6.45, 7) is 0. The van der Waals surface area contributed by atoms with E-state index in [2.05, 4.69) is 41.2 Å². The summed E-state index contributed by atoms with van der Waals surface area (Å²) in [6, 6.07) is 14.3. The van der Waals surface area contributed by atoms with Crippen LogP contribution in [0.25, 0.3) is 10.9 Å². The number of aryl methyl sites for hydroxylation is 1. The highest BCUT2D eigenvalue weighted by molar-refractivity contribution is 5.86. The summed E-state index contributed by atoms with van der Waals surface area (Å²) >= 11 is 0. The zero-order chi connectivity index (χ0) is 19.7. The summed E-state index contributed by atoms with van der Waals surface area (Å²) in [5.41, 5.74) is 4.95. The average Bonchev–Trinajstić information content (AvgIpc) is 3.00. The first-order chi connectivity index (χ1) is 13.6. The van der Waals surface area contributed by atoms with Gasteiger partial charge in [-0.3, -0.25) is 4.79 Å². The van der Waals surface area contributed by atoms with Crippen molar-refractivity contribution in [2.75, 3.05) is 14.2 Å². The molecule has 0 bridgehead atoms. The standard InChI is InChI=1S/C23H26N2O3/c1-25-19-7-5-4-6-17(19)18-14-16(9-10-20(18)25)24-23(26)13-15-8-11-21(27-2)22(12-15)28-3/h4-8,11-12,16H,9-10,13-14H2,1-3H3,(H,24,26). The Hall–Kier alpha value is -2.95. The third kappa shape index (κ3) is 3.33. The Balaban J connectivity index is 1.46. The molecule has 1 atom stereocenters. The summed E-state index contributed by atoms with van der Waals surface area (Å²) in [6.07, 6.45) is 3.17. The van der Waals surface area contributed by atoms with Crippen LogP contribution in [0.2, 0.25) is 0 Å². The zero-order valence-corrected chi connectivity index (χ0v) is 16.6. The molecule has 1 aromatic heterocycles. The lowest BCUT2D eigenvalue weighted by Crippen LogP contribution is -2.39. The molecule has 0 fully saturated rings. The summed E-state index contributed by atoms with van der Waals surface area (Å²) in [5.74, 6) is 1.36. The molecule has 1 aliphatic carbocycles. The smallest absolute Gasteiger partial charge is 0.224 e. The second-order valence-corrected chi connectivity index (χ2v) is 7.37.